The van der Waals surface area contributed by atoms with Gasteiger partial charge in [-0.1, -0.05) is 16.8 Å². The van der Waals surface area contributed by atoms with Crippen molar-refractivity contribution < 1.29 is 9.32 Å². The molecular formula is C13H16Cl2N4O2. The number of carbonyl (C=O) groups is 1. The Balaban J connectivity index is 0.00000220. The van der Waals surface area contributed by atoms with Gasteiger partial charge in [-0.05, 0) is 31.3 Å². The predicted molar refractivity (Wildman–Crippen MR) is 82.6 cm³/mol. The fourth-order valence-corrected chi connectivity index (χ4v) is 1.73. The molecule has 2 rings (SSSR count). The quantitative estimate of drug-likeness (QED) is 0.842. The average molecular weight is 331 g/mol. The molecule has 0 aliphatic heterocycles. The molecule has 1 amide bonds. The van der Waals surface area contributed by atoms with Crippen LogP contribution in [0.3, 0.4) is 0 Å². The van der Waals surface area contributed by atoms with Gasteiger partial charge in [0.15, 0.2) is 0 Å². The van der Waals surface area contributed by atoms with Crippen LogP contribution in [0, 0.1) is 0 Å². The van der Waals surface area contributed by atoms with Crippen LogP contribution in [0.15, 0.2) is 28.8 Å². The van der Waals surface area contributed by atoms with Crippen molar-refractivity contribution in [1.29, 1.82) is 0 Å². The Hall–Kier alpha value is -1.63. The molecule has 21 heavy (non-hydrogen) atoms. The van der Waals surface area contributed by atoms with E-state index < -0.39 is 0 Å². The number of hydrogen-bond acceptors (Lipinski definition) is 5. The molecular weight excluding hydrogens is 315 g/mol. The minimum absolute atomic E-state index is 0. The largest absolute Gasteiger partial charge is 0.354 e. The Morgan fingerprint density at radius 2 is 2.05 bits per heavy atom. The minimum atomic E-state index is -0.0649. The van der Waals surface area contributed by atoms with Crippen LogP contribution in [0.1, 0.15) is 5.89 Å². The van der Waals surface area contributed by atoms with Crippen molar-refractivity contribution in [3.8, 4) is 11.4 Å². The highest BCUT2D eigenvalue weighted by atomic mass is 35.5. The summed E-state index contributed by atoms with van der Waals surface area (Å²) in [7, 11) is 1.72. The summed E-state index contributed by atoms with van der Waals surface area (Å²) in [5.41, 5.74) is 0.837. The van der Waals surface area contributed by atoms with E-state index >= 15 is 0 Å². The number of likely N-dealkylation sites (N-methyl/N-ethyl adjacent to an activating group) is 1. The van der Waals surface area contributed by atoms with Gasteiger partial charge in [0, 0.05) is 23.6 Å². The van der Waals surface area contributed by atoms with Crippen LogP contribution < -0.4 is 10.6 Å². The minimum Gasteiger partial charge on any atom is -0.354 e. The Morgan fingerprint density at radius 1 is 1.33 bits per heavy atom. The smallest absolute Gasteiger partial charge is 0.233 e. The zero-order valence-corrected chi connectivity index (χ0v) is 13.0. The van der Waals surface area contributed by atoms with Crippen LogP contribution in [0.2, 0.25) is 5.02 Å². The summed E-state index contributed by atoms with van der Waals surface area (Å²) >= 11 is 5.82. The molecule has 2 N–H and O–H groups in total. The number of rotatable bonds is 6. The van der Waals surface area contributed by atoms with Crippen molar-refractivity contribution in [2.24, 2.45) is 0 Å². The first-order valence-electron chi connectivity index (χ1n) is 6.19. The van der Waals surface area contributed by atoms with E-state index in [9.17, 15) is 4.79 Å². The number of benzene rings is 1. The van der Waals surface area contributed by atoms with Gasteiger partial charge in [0.2, 0.25) is 17.6 Å². The summed E-state index contributed by atoms with van der Waals surface area (Å²) in [6, 6.07) is 7.19. The van der Waals surface area contributed by atoms with E-state index in [1.165, 1.54) is 0 Å². The molecule has 0 radical (unpaired) electrons. The summed E-state index contributed by atoms with van der Waals surface area (Å²) in [4.78, 5) is 15.5. The second-order valence-electron chi connectivity index (χ2n) is 4.15. The van der Waals surface area contributed by atoms with Crippen molar-refractivity contribution in [1.82, 2.24) is 20.8 Å². The van der Waals surface area contributed by atoms with Gasteiger partial charge >= 0.3 is 0 Å². The zero-order chi connectivity index (χ0) is 14.4. The van der Waals surface area contributed by atoms with Crippen molar-refractivity contribution in [2.75, 3.05) is 20.1 Å². The molecule has 114 valence electrons. The third-order valence-corrected chi connectivity index (χ3v) is 2.82. The fourth-order valence-electron chi connectivity index (χ4n) is 1.60. The fraction of sp³-hybridized carbons (Fsp3) is 0.308. The maximum atomic E-state index is 11.2. The van der Waals surface area contributed by atoms with Crippen LogP contribution in [-0.4, -0.2) is 36.2 Å². The molecule has 0 saturated carbocycles. The monoisotopic (exact) mass is 330 g/mol. The maximum Gasteiger partial charge on any atom is 0.233 e. The van der Waals surface area contributed by atoms with E-state index in [0.717, 1.165) is 5.56 Å². The van der Waals surface area contributed by atoms with Gasteiger partial charge in [-0.2, -0.15) is 4.98 Å². The third kappa shape index (κ3) is 5.34. The van der Waals surface area contributed by atoms with Crippen LogP contribution >= 0.6 is 24.0 Å². The summed E-state index contributed by atoms with van der Waals surface area (Å²) in [6.07, 6.45) is 0.496. The first-order valence-corrected chi connectivity index (χ1v) is 6.56. The number of aromatic nitrogens is 2. The lowest BCUT2D eigenvalue weighted by Gasteiger charge is -2.01. The van der Waals surface area contributed by atoms with Crippen LogP contribution in [0.25, 0.3) is 11.4 Å². The van der Waals surface area contributed by atoms with Crippen LogP contribution in [-0.2, 0) is 11.2 Å². The molecule has 0 spiro atoms. The standard InChI is InChI=1S/C13H15ClN4O2.ClH/c1-15-8-11(19)16-7-6-12-17-13(18-20-12)9-2-4-10(14)5-3-9;/h2-5,15H,6-8H2,1H3,(H,16,19);1H. The molecule has 0 fully saturated rings. The van der Waals surface area contributed by atoms with E-state index in [1.54, 1.807) is 19.2 Å². The highest BCUT2D eigenvalue weighted by Crippen LogP contribution is 2.18. The second kappa shape index (κ2) is 8.61. The van der Waals surface area contributed by atoms with Gasteiger partial charge < -0.3 is 15.2 Å². The topological polar surface area (TPSA) is 80.0 Å². The number of carbonyl (C=O) groups excluding carboxylic acids is 1. The third-order valence-electron chi connectivity index (χ3n) is 2.57. The molecule has 6 nitrogen and oxygen atoms in total. The molecule has 0 aliphatic carbocycles. The van der Waals surface area contributed by atoms with Crippen LogP contribution in [0.5, 0.6) is 0 Å². The predicted octanol–water partition coefficient (Wildman–Crippen LogP) is 1.69. The van der Waals surface area contributed by atoms with Crippen molar-refractivity contribution in [3.63, 3.8) is 0 Å². The van der Waals surface area contributed by atoms with E-state index in [0.29, 0.717) is 36.2 Å². The molecule has 0 saturated heterocycles. The van der Waals surface area contributed by atoms with Gasteiger partial charge in [-0.25, -0.2) is 0 Å². The number of amides is 1. The number of hydrogen-bond donors (Lipinski definition) is 2. The van der Waals surface area contributed by atoms with E-state index in [1.807, 2.05) is 12.1 Å². The lowest BCUT2D eigenvalue weighted by molar-refractivity contribution is -0.120. The molecule has 0 unspecified atom stereocenters. The second-order valence-corrected chi connectivity index (χ2v) is 4.59. The Bertz CT molecular complexity index is 572. The van der Waals surface area contributed by atoms with Gasteiger partial charge in [-0.3, -0.25) is 4.79 Å². The highest BCUT2D eigenvalue weighted by molar-refractivity contribution is 6.30. The van der Waals surface area contributed by atoms with Crippen molar-refractivity contribution >= 4 is 29.9 Å². The zero-order valence-electron chi connectivity index (χ0n) is 11.4. The van der Waals surface area contributed by atoms with Gasteiger partial charge in [0.1, 0.15) is 0 Å². The molecule has 8 heteroatoms. The number of halogens is 2. The summed E-state index contributed by atoms with van der Waals surface area (Å²) in [6.45, 7) is 0.753. The van der Waals surface area contributed by atoms with E-state index in [4.69, 9.17) is 16.1 Å². The molecule has 1 heterocycles. The van der Waals surface area contributed by atoms with Crippen LogP contribution in [0.4, 0.5) is 0 Å². The normalized spacial score (nSPS) is 10.0. The molecule has 0 atom stereocenters. The van der Waals surface area contributed by atoms with Crippen molar-refractivity contribution in [2.45, 2.75) is 6.42 Å². The number of nitrogens with zero attached hydrogens (tertiary/aromatic N) is 2. The Labute approximate surface area is 133 Å². The van der Waals surface area contributed by atoms with E-state index in [2.05, 4.69) is 20.8 Å². The van der Waals surface area contributed by atoms with Gasteiger partial charge in [-0.15, -0.1) is 12.4 Å². The van der Waals surface area contributed by atoms with Crippen molar-refractivity contribution in [3.05, 3.63) is 35.2 Å². The lowest BCUT2D eigenvalue weighted by atomic mass is 10.2. The highest BCUT2D eigenvalue weighted by Gasteiger charge is 2.08. The number of nitrogens with one attached hydrogen (secondary N) is 2. The average Bonchev–Trinajstić information content (AvgIpc) is 2.89. The Morgan fingerprint density at radius 3 is 2.71 bits per heavy atom. The summed E-state index contributed by atoms with van der Waals surface area (Å²) < 4.78 is 5.13. The maximum absolute atomic E-state index is 11.2. The summed E-state index contributed by atoms with van der Waals surface area (Å²) in [5, 5.41) is 10.1. The van der Waals surface area contributed by atoms with E-state index in [-0.39, 0.29) is 18.3 Å². The molecule has 1 aromatic carbocycles. The molecule has 0 bridgehead atoms. The first-order chi connectivity index (χ1) is 9.69. The SMILES string of the molecule is CNCC(=O)NCCc1nc(-c2ccc(Cl)cc2)no1.Cl. The van der Waals surface area contributed by atoms with Gasteiger partial charge in [0.25, 0.3) is 0 Å². The molecule has 1 aromatic heterocycles. The lowest BCUT2D eigenvalue weighted by Crippen LogP contribution is -2.33. The first kappa shape index (κ1) is 17.4. The molecule has 0 aliphatic rings. The van der Waals surface area contributed by atoms with Gasteiger partial charge in [0.05, 0.1) is 6.54 Å². The molecule has 2 aromatic rings. The Kier molecular flexibility index (Phi) is 7.14. The summed E-state index contributed by atoms with van der Waals surface area (Å²) in [5.74, 6) is 0.933.